The molecule has 0 aromatic rings. The molecule has 1 rings (SSSR count). The molecule has 2 atom stereocenters. The van der Waals surface area contributed by atoms with Crippen LogP contribution >= 0.6 is 10.0 Å². The SMILES string of the molecule is CCC(C)S(C)(CC)CC1CCC1. The van der Waals surface area contributed by atoms with E-state index in [2.05, 4.69) is 27.0 Å². The largest absolute Gasteiger partial charge is 0.241 e. The van der Waals surface area contributed by atoms with Gasteiger partial charge in [0.2, 0.25) is 0 Å². The molecule has 1 aliphatic carbocycles. The molecular formula is C12H26S. The summed E-state index contributed by atoms with van der Waals surface area (Å²) < 4.78 is 0. The van der Waals surface area contributed by atoms with E-state index in [1.807, 2.05) is 0 Å². The van der Waals surface area contributed by atoms with Crippen LogP contribution in [-0.4, -0.2) is 23.0 Å². The third kappa shape index (κ3) is 2.65. The maximum Gasteiger partial charge on any atom is -0.0145 e. The molecule has 0 bridgehead atoms. The summed E-state index contributed by atoms with van der Waals surface area (Å²) in [5, 5.41) is 0.984. The third-order valence-corrected chi connectivity index (χ3v) is 8.87. The molecule has 80 valence electrons. The van der Waals surface area contributed by atoms with E-state index in [0.717, 1.165) is 11.2 Å². The number of hydrogen-bond donors (Lipinski definition) is 0. The highest BCUT2D eigenvalue weighted by molar-refractivity contribution is 8.33. The van der Waals surface area contributed by atoms with Crippen molar-refractivity contribution >= 4 is 10.0 Å². The van der Waals surface area contributed by atoms with Crippen LogP contribution in [0, 0.1) is 5.92 Å². The van der Waals surface area contributed by atoms with Crippen LogP contribution in [0.5, 0.6) is 0 Å². The van der Waals surface area contributed by atoms with Gasteiger partial charge in [0.1, 0.15) is 0 Å². The van der Waals surface area contributed by atoms with Gasteiger partial charge in [-0.25, -0.2) is 10.0 Å². The summed E-state index contributed by atoms with van der Waals surface area (Å²) in [5.41, 5.74) is 0. The van der Waals surface area contributed by atoms with Gasteiger partial charge in [-0.15, -0.1) is 0 Å². The van der Waals surface area contributed by atoms with Gasteiger partial charge in [-0.05, 0) is 48.2 Å². The summed E-state index contributed by atoms with van der Waals surface area (Å²) in [6.07, 6.45) is 8.52. The Balaban J connectivity index is 2.46. The minimum absolute atomic E-state index is 0.266. The Hall–Kier alpha value is 0.350. The lowest BCUT2D eigenvalue weighted by atomic mass is 9.87. The Morgan fingerprint density at radius 1 is 1.31 bits per heavy atom. The van der Waals surface area contributed by atoms with Crippen molar-refractivity contribution in [1.82, 2.24) is 0 Å². The van der Waals surface area contributed by atoms with Crippen molar-refractivity contribution < 1.29 is 0 Å². The van der Waals surface area contributed by atoms with Gasteiger partial charge in [-0.2, -0.15) is 0 Å². The van der Waals surface area contributed by atoms with E-state index >= 15 is 0 Å². The normalized spacial score (nSPS) is 27.4. The first-order valence-electron chi connectivity index (χ1n) is 5.85. The fraction of sp³-hybridized carbons (Fsp3) is 1.00. The summed E-state index contributed by atoms with van der Waals surface area (Å²) in [4.78, 5) is 0. The quantitative estimate of drug-likeness (QED) is 0.631. The van der Waals surface area contributed by atoms with Crippen molar-refractivity contribution in [3.8, 4) is 0 Å². The average molecular weight is 202 g/mol. The van der Waals surface area contributed by atoms with Crippen molar-refractivity contribution in [3.63, 3.8) is 0 Å². The molecule has 1 saturated carbocycles. The second-order valence-corrected chi connectivity index (χ2v) is 9.24. The van der Waals surface area contributed by atoms with Crippen LogP contribution in [-0.2, 0) is 0 Å². The van der Waals surface area contributed by atoms with Crippen molar-refractivity contribution in [2.75, 3.05) is 17.8 Å². The molecule has 0 nitrogen and oxygen atoms in total. The molecule has 2 unspecified atom stereocenters. The summed E-state index contributed by atoms with van der Waals surface area (Å²) in [5.74, 6) is 4.12. The van der Waals surface area contributed by atoms with Crippen molar-refractivity contribution in [2.24, 2.45) is 5.92 Å². The summed E-state index contributed by atoms with van der Waals surface area (Å²) in [6.45, 7) is 7.23. The van der Waals surface area contributed by atoms with Gasteiger partial charge in [0.05, 0.1) is 0 Å². The van der Waals surface area contributed by atoms with Gasteiger partial charge in [0.25, 0.3) is 0 Å². The van der Waals surface area contributed by atoms with Gasteiger partial charge >= 0.3 is 0 Å². The summed E-state index contributed by atoms with van der Waals surface area (Å²) in [7, 11) is -0.266. The zero-order chi connectivity index (χ0) is 9.90. The first kappa shape index (κ1) is 11.4. The highest BCUT2D eigenvalue weighted by Crippen LogP contribution is 2.53. The van der Waals surface area contributed by atoms with E-state index in [0.29, 0.717) is 0 Å². The molecule has 0 heterocycles. The minimum Gasteiger partial charge on any atom is -0.241 e. The maximum atomic E-state index is 2.58. The smallest absolute Gasteiger partial charge is 0.0145 e. The highest BCUT2D eigenvalue weighted by atomic mass is 32.3. The zero-order valence-corrected chi connectivity index (χ0v) is 10.6. The number of hydrogen-bond acceptors (Lipinski definition) is 0. The van der Waals surface area contributed by atoms with Crippen LogP contribution in [0.1, 0.15) is 46.5 Å². The van der Waals surface area contributed by atoms with Crippen molar-refractivity contribution in [3.05, 3.63) is 0 Å². The Labute approximate surface area is 85.8 Å². The second-order valence-electron chi connectivity index (χ2n) is 4.82. The summed E-state index contributed by atoms with van der Waals surface area (Å²) >= 11 is 0. The molecule has 1 aliphatic rings. The average Bonchev–Trinajstić information content (AvgIpc) is 2.09. The van der Waals surface area contributed by atoms with E-state index in [1.165, 1.54) is 31.4 Å². The van der Waals surface area contributed by atoms with Crippen LogP contribution < -0.4 is 0 Å². The van der Waals surface area contributed by atoms with Gasteiger partial charge in [-0.3, -0.25) is 0 Å². The van der Waals surface area contributed by atoms with Crippen molar-refractivity contribution in [2.45, 2.75) is 51.7 Å². The van der Waals surface area contributed by atoms with Gasteiger partial charge < -0.3 is 0 Å². The van der Waals surface area contributed by atoms with Crippen molar-refractivity contribution in [1.29, 1.82) is 0 Å². The third-order valence-electron chi connectivity index (χ3n) is 4.05. The van der Waals surface area contributed by atoms with Gasteiger partial charge in [0.15, 0.2) is 0 Å². The molecule has 0 spiro atoms. The molecule has 13 heavy (non-hydrogen) atoms. The summed E-state index contributed by atoms with van der Waals surface area (Å²) in [6, 6.07) is 0. The molecular weight excluding hydrogens is 176 g/mol. The standard InChI is InChI=1S/C12H26S/c1-5-11(3)13(4,6-2)10-12-8-7-9-12/h11-12H,5-10H2,1-4H3. The molecule has 0 aliphatic heterocycles. The van der Waals surface area contributed by atoms with Gasteiger partial charge in [0, 0.05) is 0 Å². The lowest BCUT2D eigenvalue weighted by Crippen LogP contribution is -2.26. The topological polar surface area (TPSA) is 0 Å². The molecule has 0 aromatic heterocycles. The molecule has 0 N–H and O–H groups in total. The minimum atomic E-state index is -0.266. The lowest BCUT2D eigenvalue weighted by Gasteiger charge is -2.45. The highest BCUT2D eigenvalue weighted by Gasteiger charge is 2.28. The Morgan fingerprint density at radius 2 is 1.92 bits per heavy atom. The molecule has 0 radical (unpaired) electrons. The molecule has 0 amide bonds. The first-order valence-corrected chi connectivity index (χ1v) is 8.29. The van der Waals surface area contributed by atoms with Gasteiger partial charge in [-0.1, -0.05) is 27.2 Å². The molecule has 1 fully saturated rings. The molecule has 1 heteroatoms. The van der Waals surface area contributed by atoms with Crippen LogP contribution in [0.4, 0.5) is 0 Å². The predicted molar refractivity (Wildman–Crippen MR) is 66.0 cm³/mol. The van der Waals surface area contributed by atoms with E-state index in [9.17, 15) is 0 Å². The Kier molecular flexibility index (Phi) is 4.15. The van der Waals surface area contributed by atoms with Crippen LogP contribution in [0.25, 0.3) is 0 Å². The van der Waals surface area contributed by atoms with E-state index in [-0.39, 0.29) is 10.0 Å². The van der Waals surface area contributed by atoms with E-state index in [1.54, 1.807) is 5.75 Å². The number of rotatable bonds is 5. The van der Waals surface area contributed by atoms with Crippen LogP contribution in [0.15, 0.2) is 0 Å². The molecule has 0 saturated heterocycles. The van der Waals surface area contributed by atoms with Crippen LogP contribution in [0.2, 0.25) is 0 Å². The first-order chi connectivity index (χ1) is 6.12. The van der Waals surface area contributed by atoms with E-state index < -0.39 is 0 Å². The fourth-order valence-corrected chi connectivity index (χ4v) is 5.52. The Morgan fingerprint density at radius 3 is 2.23 bits per heavy atom. The van der Waals surface area contributed by atoms with E-state index in [4.69, 9.17) is 0 Å². The fourth-order valence-electron chi connectivity index (χ4n) is 2.17. The van der Waals surface area contributed by atoms with Crippen LogP contribution in [0.3, 0.4) is 0 Å². The molecule has 0 aromatic carbocycles. The maximum absolute atomic E-state index is 2.58. The zero-order valence-electron chi connectivity index (χ0n) is 9.81. The monoisotopic (exact) mass is 202 g/mol. The predicted octanol–water partition coefficient (Wildman–Crippen LogP) is 4.04. The Bertz CT molecular complexity index is 151. The second kappa shape index (κ2) is 4.72. The lowest BCUT2D eigenvalue weighted by molar-refractivity contribution is 0.351.